The topological polar surface area (TPSA) is 40.5 Å². The SMILES string of the molecule is O=C(Cc1cccc(O)c1)N1CCCCCCC1. The van der Waals surface area contributed by atoms with Gasteiger partial charge in [-0.2, -0.15) is 0 Å². The first-order chi connectivity index (χ1) is 8.75. The van der Waals surface area contributed by atoms with Gasteiger partial charge in [-0.05, 0) is 30.5 Å². The van der Waals surface area contributed by atoms with Crippen molar-refractivity contribution in [2.45, 2.75) is 38.5 Å². The van der Waals surface area contributed by atoms with E-state index in [1.807, 2.05) is 11.0 Å². The van der Waals surface area contributed by atoms with E-state index in [0.717, 1.165) is 31.5 Å². The fraction of sp³-hybridized carbons (Fsp3) is 0.533. The lowest BCUT2D eigenvalue weighted by molar-refractivity contribution is -0.130. The van der Waals surface area contributed by atoms with Crippen LogP contribution in [0.3, 0.4) is 0 Å². The molecule has 3 heteroatoms. The van der Waals surface area contributed by atoms with Gasteiger partial charge in [-0.3, -0.25) is 4.79 Å². The van der Waals surface area contributed by atoms with Gasteiger partial charge < -0.3 is 10.0 Å². The summed E-state index contributed by atoms with van der Waals surface area (Å²) >= 11 is 0. The number of nitrogens with zero attached hydrogens (tertiary/aromatic N) is 1. The number of benzene rings is 1. The lowest BCUT2D eigenvalue weighted by atomic mass is 10.1. The molecule has 1 aromatic carbocycles. The Balaban J connectivity index is 1.93. The van der Waals surface area contributed by atoms with Crippen LogP contribution in [0.15, 0.2) is 24.3 Å². The normalized spacial score (nSPS) is 17.0. The van der Waals surface area contributed by atoms with Crippen molar-refractivity contribution < 1.29 is 9.90 Å². The zero-order chi connectivity index (χ0) is 12.8. The molecule has 0 unspecified atom stereocenters. The van der Waals surface area contributed by atoms with Crippen LogP contribution >= 0.6 is 0 Å². The highest BCUT2D eigenvalue weighted by Crippen LogP contribution is 2.14. The Kier molecular flexibility index (Phi) is 4.62. The third-order valence-electron chi connectivity index (χ3n) is 3.47. The van der Waals surface area contributed by atoms with Crippen molar-refractivity contribution in [1.29, 1.82) is 0 Å². The lowest BCUT2D eigenvalue weighted by Gasteiger charge is -2.24. The predicted molar refractivity (Wildman–Crippen MR) is 71.5 cm³/mol. The summed E-state index contributed by atoms with van der Waals surface area (Å²) in [6, 6.07) is 6.97. The predicted octanol–water partition coefficient (Wildman–Crippen LogP) is 2.73. The van der Waals surface area contributed by atoms with Gasteiger partial charge in [0.25, 0.3) is 0 Å². The minimum Gasteiger partial charge on any atom is -0.508 e. The van der Waals surface area contributed by atoms with Crippen LogP contribution in [-0.4, -0.2) is 29.0 Å². The van der Waals surface area contributed by atoms with Gasteiger partial charge in [0.1, 0.15) is 5.75 Å². The van der Waals surface area contributed by atoms with Crippen LogP contribution in [0.5, 0.6) is 5.75 Å². The van der Waals surface area contributed by atoms with E-state index in [-0.39, 0.29) is 11.7 Å². The van der Waals surface area contributed by atoms with E-state index in [1.54, 1.807) is 18.2 Å². The van der Waals surface area contributed by atoms with Crippen LogP contribution in [0.25, 0.3) is 0 Å². The highest BCUT2D eigenvalue weighted by atomic mass is 16.3. The molecule has 1 N–H and O–H groups in total. The fourth-order valence-electron chi connectivity index (χ4n) is 2.45. The van der Waals surface area contributed by atoms with Crippen molar-refractivity contribution in [3.8, 4) is 5.75 Å². The molecular weight excluding hydrogens is 226 g/mol. The average Bonchev–Trinajstić information content (AvgIpc) is 2.28. The van der Waals surface area contributed by atoms with Gasteiger partial charge >= 0.3 is 0 Å². The molecule has 1 amide bonds. The molecule has 0 spiro atoms. The van der Waals surface area contributed by atoms with Crippen LogP contribution in [0.4, 0.5) is 0 Å². The summed E-state index contributed by atoms with van der Waals surface area (Å²) in [4.78, 5) is 14.2. The Labute approximate surface area is 108 Å². The second-order valence-corrected chi connectivity index (χ2v) is 5.00. The van der Waals surface area contributed by atoms with Gasteiger partial charge in [-0.15, -0.1) is 0 Å². The van der Waals surface area contributed by atoms with Crippen molar-refractivity contribution in [3.63, 3.8) is 0 Å². The molecule has 0 atom stereocenters. The molecule has 2 rings (SSSR count). The molecule has 0 aromatic heterocycles. The Morgan fingerprint density at radius 2 is 1.78 bits per heavy atom. The third kappa shape index (κ3) is 3.76. The maximum absolute atomic E-state index is 12.2. The van der Waals surface area contributed by atoms with Crippen molar-refractivity contribution in [1.82, 2.24) is 4.90 Å². The van der Waals surface area contributed by atoms with E-state index in [9.17, 15) is 9.90 Å². The van der Waals surface area contributed by atoms with Gasteiger partial charge in [0.05, 0.1) is 6.42 Å². The average molecular weight is 247 g/mol. The molecule has 0 saturated carbocycles. The standard InChI is InChI=1S/C15H21NO2/c17-14-8-6-7-13(11-14)12-15(18)16-9-4-2-1-3-5-10-16/h6-8,11,17H,1-5,9-10,12H2. The Morgan fingerprint density at radius 1 is 1.11 bits per heavy atom. The highest BCUT2D eigenvalue weighted by Gasteiger charge is 2.15. The molecule has 3 nitrogen and oxygen atoms in total. The first kappa shape index (κ1) is 12.9. The van der Waals surface area contributed by atoms with Crippen molar-refractivity contribution in [3.05, 3.63) is 29.8 Å². The number of phenolic OH excluding ortho intramolecular Hbond substituents is 1. The minimum atomic E-state index is 0.183. The molecule has 1 fully saturated rings. The molecule has 1 aliphatic rings. The van der Waals surface area contributed by atoms with Crippen LogP contribution in [0.1, 0.15) is 37.7 Å². The summed E-state index contributed by atoms with van der Waals surface area (Å²) in [6.07, 6.45) is 6.40. The third-order valence-corrected chi connectivity index (χ3v) is 3.47. The molecule has 0 bridgehead atoms. The van der Waals surface area contributed by atoms with Gasteiger partial charge in [0, 0.05) is 13.1 Å². The van der Waals surface area contributed by atoms with Gasteiger partial charge in [0.2, 0.25) is 5.91 Å². The van der Waals surface area contributed by atoms with E-state index in [1.165, 1.54) is 19.3 Å². The maximum Gasteiger partial charge on any atom is 0.226 e. The molecule has 0 radical (unpaired) electrons. The van der Waals surface area contributed by atoms with E-state index in [4.69, 9.17) is 0 Å². The molecule has 98 valence electrons. The largest absolute Gasteiger partial charge is 0.508 e. The Hall–Kier alpha value is -1.51. The lowest BCUT2D eigenvalue weighted by Crippen LogP contribution is -2.34. The number of carbonyl (C=O) groups excluding carboxylic acids is 1. The van der Waals surface area contributed by atoms with Crippen LogP contribution in [0.2, 0.25) is 0 Å². The number of aromatic hydroxyl groups is 1. The monoisotopic (exact) mass is 247 g/mol. The molecule has 1 aliphatic heterocycles. The molecular formula is C15H21NO2. The summed E-state index contributed by atoms with van der Waals surface area (Å²) in [6.45, 7) is 1.77. The second-order valence-electron chi connectivity index (χ2n) is 5.00. The Morgan fingerprint density at radius 3 is 2.44 bits per heavy atom. The van der Waals surface area contributed by atoms with E-state index in [2.05, 4.69) is 0 Å². The number of rotatable bonds is 2. The van der Waals surface area contributed by atoms with Crippen LogP contribution in [-0.2, 0) is 11.2 Å². The molecule has 1 heterocycles. The smallest absolute Gasteiger partial charge is 0.226 e. The summed E-state index contributed by atoms with van der Waals surface area (Å²) in [5.41, 5.74) is 0.891. The summed E-state index contributed by atoms with van der Waals surface area (Å²) in [5.74, 6) is 0.412. The molecule has 1 aromatic rings. The quantitative estimate of drug-likeness (QED) is 0.873. The van der Waals surface area contributed by atoms with Crippen molar-refractivity contribution in [2.24, 2.45) is 0 Å². The first-order valence-electron chi connectivity index (χ1n) is 6.81. The van der Waals surface area contributed by atoms with Crippen LogP contribution in [0, 0.1) is 0 Å². The fourth-order valence-corrected chi connectivity index (χ4v) is 2.45. The summed E-state index contributed by atoms with van der Waals surface area (Å²) in [7, 11) is 0. The zero-order valence-electron chi connectivity index (χ0n) is 10.8. The Bertz CT molecular complexity index is 395. The summed E-state index contributed by atoms with van der Waals surface area (Å²) in [5, 5.41) is 9.39. The summed E-state index contributed by atoms with van der Waals surface area (Å²) < 4.78 is 0. The van der Waals surface area contributed by atoms with Gasteiger partial charge in [-0.25, -0.2) is 0 Å². The number of amides is 1. The molecule has 0 aliphatic carbocycles. The van der Waals surface area contributed by atoms with Gasteiger partial charge in [0.15, 0.2) is 0 Å². The molecule has 18 heavy (non-hydrogen) atoms. The number of phenols is 1. The number of hydrogen-bond donors (Lipinski definition) is 1. The molecule has 1 saturated heterocycles. The highest BCUT2D eigenvalue weighted by molar-refractivity contribution is 5.78. The van der Waals surface area contributed by atoms with E-state index in [0.29, 0.717) is 6.42 Å². The second kappa shape index (κ2) is 6.43. The van der Waals surface area contributed by atoms with Crippen LogP contribution < -0.4 is 0 Å². The van der Waals surface area contributed by atoms with Crippen molar-refractivity contribution >= 4 is 5.91 Å². The van der Waals surface area contributed by atoms with E-state index >= 15 is 0 Å². The van der Waals surface area contributed by atoms with E-state index < -0.39 is 0 Å². The number of hydrogen-bond acceptors (Lipinski definition) is 2. The first-order valence-corrected chi connectivity index (χ1v) is 6.81. The number of carbonyl (C=O) groups is 1. The van der Waals surface area contributed by atoms with Crippen molar-refractivity contribution in [2.75, 3.05) is 13.1 Å². The number of likely N-dealkylation sites (tertiary alicyclic amines) is 1. The minimum absolute atomic E-state index is 0.183. The van der Waals surface area contributed by atoms with Gasteiger partial charge in [-0.1, -0.05) is 31.4 Å². The zero-order valence-corrected chi connectivity index (χ0v) is 10.8. The maximum atomic E-state index is 12.2.